The predicted octanol–water partition coefficient (Wildman–Crippen LogP) is 4.67. The molecule has 0 aromatic rings. The first-order valence-corrected chi connectivity index (χ1v) is 9.22. The summed E-state index contributed by atoms with van der Waals surface area (Å²) in [7, 11) is -1.94. The Labute approximate surface area is 108 Å². The Hall–Kier alpha value is -0.573. The smallest absolute Gasteiger partial charge is 0.319 e. The zero-order valence-electron chi connectivity index (χ0n) is 12.1. The molecule has 0 saturated heterocycles. The molecule has 0 amide bonds. The number of rotatable bonds is 8. The van der Waals surface area contributed by atoms with Crippen LogP contribution in [0.4, 0.5) is 0 Å². The number of carbonyl (C=O) groups is 1. The van der Waals surface area contributed by atoms with Crippen molar-refractivity contribution in [3.8, 4) is 0 Å². The average molecular weight is 256 g/mol. The normalized spacial score (nSPS) is 13.2. The van der Waals surface area contributed by atoms with Gasteiger partial charge in [0.05, 0.1) is 0 Å². The predicted molar refractivity (Wildman–Crippen MR) is 76.6 cm³/mol. The van der Waals surface area contributed by atoms with Crippen LogP contribution in [0.3, 0.4) is 0 Å². The highest BCUT2D eigenvalue weighted by Crippen LogP contribution is 2.35. The van der Waals surface area contributed by atoms with E-state index in [4.69, 9.17) is 4.43 Å². The van der Waals surface area contributed by atoms with Gasteiger partial charge in [0.1, 0.15) is 0 Å². The van der Waals surface area contributed by atoms with Crippen LogP contribution < -0.4 is 0 Å². The van der Waals surface area contributed by atoms with Crippen molar-refractivity contribution in [2.24, 2.45) is 0 Å². The number of hydrogen-bond donors (Lipinski definition) is 0. The van der Waals surface area contributed by atoms with Crippen LogP contribution in [0.25, 0.3) is 0 Å². The second-order valence-electron chi connectivity index (χ2n) is 5.04. The molecule has 0 rings (SSSR count). The minimum absolute atomic E-state index is 0.182. The maximum Gasteiger partial charge on any atom is 0.319 e. The molecule has 0 saturated carbocycles. The van der Waals surface area contributed by atoms with E-state index in [0.717, 1.165) is 31.4 Å². The Bertz CT molecular complexity index is 255. The van der Waals surface area contributed by atoms with Gasteiger partial charge in [0.2, 0.25) is 0 Å². The van der Waals surface area contributed by atoms with E-state index in [1.807, 2.05) is 0 Å². The van der Waals surface area contributed by atoms with Gasteiger partial charge in [0.25, 0.3) is 8.32 Å². The monoisotopic (exact) mass is 256 g/mol. The Morgan fingerprint density at radius 3 is 2.00 bits per heavy atom. The third-order valence-corrected chi connectivity index (χ3v) is 8.99. The van der Waals surface area contributed by atoms with Gasteiger partial charge in [-0.2, -0.15) is 0 Å². The van der Waals surface area contributed by atoms with Crippen molar-refractivity contribution in [3.63, 3.8) is 0 Å². The Kier molecular flexibility index (Phi) is 7.44. The van der Waals surface area contributed by atoms with Crippen LogP contribution >= 0.6 is 0 Å². The van der Waals surface area contributed by atoms with E-state index in [1.54, 1.807) is 6.92 Å². The van der Waals surface area contributed by atoms with Crippen LogP contribution in [0.5, 0.6) is 0 Å². The van der Waals surface area contributed by atoms with Crippen molar-refractivity contribution in [2.45, 2.75) is 71.5 Å². The fourth-order valence-corrected chi connectivity index (χ4v) is 6.93. The van der Waals surface area contributed by atoms with Crippen molar-refractivity contribution in [1.29, 1.82) is 0 Å². The molecule has 0 fully saturated rings. The Morgan fingerprint density at radius 1 is 1.24 bits per heavy atom. The summed E-state index contributed by atoms with van der Waals surface area (Å²) in [6.45, 7) is 14.2. The van der Waals surface area contributed by atoms with E-state index in [-0.39, 0.29) is 5.97 Å². The van der Waals surface area contributed by atoms with Crippen molar-refractivity contribution >= 4 is 14.3 Å². The summed E-state index contributed by atoms with van der Waals surface area (Å²) in [6.07, 6.45) is 3.29. The molecule has 17 heavy (non-hydrogen) atoms. The summed E-state index contributed by atoms with van der Waals surface area (Å²) >= 11 is 0. The summed E-state index contributed by atoms with van der Waals surface area (Å²) in [4.78, 5) is 11.8. The van der Waals surface area contributed by atoms with Crippen molar-refractivity contribution in [2.75, 3.05) is 0 Å². The lowest BCUT2D eigenvalue weighted by Crippen LogP contribution is -2.44. The summed E-state index contributed by atoms with van der Waals surface area (Å²) in [5.41, 5.74) is 1.06. The third-order valence-electron chi connectivity index (χ3n) is 3.50. The van der Waals surface area contributed by atoms with Gasteiger partial charge >= 0.3 is 5.97 Å². The third kappa shape index (κ3) is 4.66. The first kappa shape index (κ1) is 16.4. The average Bonchev–Trinajstić information content (AvgIpc) is 2.28. The van der Waals surface area contributed by atoms with Crippen LogP contribution in [-0.2, 0) is 9.22 Å². The molecule has 0 aliphatic heterocycles. The van der Waals surface area contributed by atoms with Gasteiger partial charge in [0.15, 0.2) is 0 Å². The summed E-state index contributed by atoms with van der Waals surface area (Å²) in [6, 6.07) is 2.16. The van der Waals surface area contributed by atoms with Crippen LogP contribution in [0.15, 0.2) is 12.2 Å². The molecule has 0 heterocycles. The second kappa shape index (κ2) is 7.70. The topological polar surface area (TPSA) is 26.3 Å². The van der Waals surface area contributed by atoms with Crippen LogP contribution in [-0.4, -0.2) is 14.3 Å². The molecule has 100 valence electrons. The van der Waals surface area contributed by atoms with Gasteiger partial charge in [-0.15, -0.1) is 0 Å². The maximum atomic E-state index is 11.8. The molecule has 1 atom stereocenters. The molecule has 0 bridgehead atoms. The van der Waals surface area contributed by atoms with E-state index >= 15 is 0 Å². The standard InChI is InChI=1S/C14H28O2Si/c1-7-10-17(11-8-2,13(6)9-3)16-14(15)12(4)5/h13H,4,7-11H2,1-3,5-6H3. The molecule has 0 aliphatic carbocycles. The second-order valence-corrected chi connectivity index (χ2v) is 9.36. The number of hydrogen-bond acceptors (Lipinski definition) is 2. The van der Waals surface area contributed by atoms with Crippen molar-refractivity contribution in [3.05, 3.63) is 12.2 Å². The van der Waals surface area contributed by atoms with E-state index in [9.17, 15) is 4.79 Å². The fourth-order valence-electron chi connectivity index (χ4n) is 2.31. The molecule has 0 aromatic heterocycles. The van der Waals surface area contributed by atoms with E-state index in [0.29, 0.717) is 11.1 Å². The molecule has 0 spiro atoms. The van der Waals surface area contributed by atoms with Gasteiger partial charge in [-0.3, -0.25) is 0 Å². The van der Waals surface area contributed by atoms with Gasteiger partial charge in [0, 0.05) is 5.57 Å². The molecule has 2 nitrogen and oxygen atoms in total. The Morgan fingerprint density at radius 2 is 1.71 bits per heavy atom. The zero-order valence-corrected chi connectivity index (χ0v) is 13.1. The number of carbonyl (C=O) groups excluding carboxylic acids is 1. The highest BCUT2D eigenvalue weighted by atomic mass is 28.4. The van der Waals surface area contributed by atoms with Crippen molar-refractivity contribution in [1.82, 2.24) is 0 Å². The zero-order chi connectivity index (χ0) is 13.5. The van der Waals surface area contributed by atoms with Gasteiger partial charge in [-0.1, -0.05) is 53.5 Å². The van der Waals surface area contributed by atoms with E-state index in [2.05, 4.69) is 34.3 Å². The van der Waals surface area contributed by atoms with Crippen molar-refractivity contribution < 1.29 is 9.22 Å². The molecular formula is C14H28O2Si. The fraction of sp³-hybridized carbons (Fsp3) is 0.786. The highest BCUT2D eigenvalue weighted by molar-refractivity contribution is 6.76. The quantitative estimate of drug-likeness (QED) is 0.466. The minimum atomic E-state index is -1.94. The molecule has 1 unspecified atom stereocenters. The lowest BCUT2D eigenvalue weighted by molar-refractivity contribution is -0.131. The summed E-state index contributed by atoms with van der Waals surface area (Å²) < 4.78 is 5.93. The van der Waals surface area contributed by atoms with Crippen LogP contribution in [0.2, 0.25) is 17.6 Å². The summed E-state index contributed by atoms with van der Waals surface area (Å²) in [5.74, 6) is -0.182. The lowest BCUT2D eigenvalue weighted by Gasteiger charge is -2.35. The van der Waals surface area contributed by atoms with Crippen LogP contribution in [0, 0.1) is 0 Å². The summed E-state index contributed by atoms with van der Waals surface area (Å²) in [5, 5.41) is 0. The molecule has 0 aromatic carbocycles. The highest BCUT2D eigenvalue weighted by Gasteiger charge is 2.41. The van der Waals surface area contributed by atoms with E-state index < -0.39 is 8.32 Å². The maximum absolute atomic E-state index is 11.8. The minimum Gasteiger partial charge on any atom is -0.516 e. The molecule has 0 N–H and O–H groups in total. The SMILES string of the molecule is C=C(C)C(=O)O[Si](CCC)(CCC)C(C)CC. The molecule has 3 heteroatoms. The first-order chi connectivity index (χ1) is 7.93. The molecule has 0 aliphatic rings. The van der Waals surface area contributed by atoms with Gasteiger partial charge < -0.3 is 4.43 Å². The molecular weight excluding hydrogens is 228 g/mol. The van der Waals surface area contributed by atoms with Crippen LogP contribution in [0.1, 0.15) is 53.9 Å². The first-order valence-electron chi connectivity index (χ1n) is 6.82. The lowest BCUT2D eigenvalue weighted by atomic mass is 10.4. The van der Waals surface area contributed by atoms with Gasteiger partial charge in [-0.05, 0) is 24.6 Å². The molecule has 0 radical (unpaired) electrons. The Balaban J connectivity index is 5.01. The largest absolute Gasteiger partial charge is 0.516 e. The van der Waals surface area contributed by atoms with E-state index in [1.165, 1.54) is 0 Å². The van der Waals surface area contributed by atoms with Gasteiger partial charge in [-0.25, -0.2) is 4.79 Å².